The predicted molar refractivity (Wildman–Crippen MR) is 108 cm³/mol. The van der Waals surface area contributed by atoms with Crippen LogP contribution in [0.3, 0.4) is 0 Å². The lowest BCUT2D eigenvalue weighted by atomic mass is 10.1. The molecule has 0 aromatic heterocycles. The number of aliphatic imine (C=N–C) groups is 1. The van der Waals surface area contributed by atoms with Crippen molar-refractivity contribution in [1.29, 1.82) is 0 Å². The summed E-state index contributed by atoms with van der Waals surface area (Å²) >= 11 is 0. The van der Waals surface area contributed by atoms with Crippen LogP contribution in [0.1, 0.15) is 48.0 Å². The normalized spacial score (nSPS) is 11.9. The molecule has 3 N–H and O–H groups in total. The minimum absolute atomic E-state index is 0. The third-order valence-electron chi connectivity index (χ3n) is 2.45. The number of rotatable bonds is 9. The van der Waals surface area contributed by atoms with Crippen molar-refractivity contribution >= 4 is 35.8 Å². The molecule has 0 rings (SSSR count). The lowest BCUT2D eigenvalue weighted by molar-refractivity contribution is -0.121. The fraction of sp³-hybridized carbons (Fsp3) is 0.875. The van der Waals surface area contributed by atoms with Crippen molar-refractivity contribution in [3.05, 3.63) is 0 Å². The van der Waals surface area contributed by atoms with Gasteiger partial charge in [-0.1, -0.05) is 13.8 Å². The minimum atomic E-state index is -0.230. The standard InChI is InChI=1S/C16H34N4O2.HI/c1-7-17-15(18-9-8-10-22-12-13(2)3)19-11-14(21)20-16(4,5)6;/h13H,7-12H2,1-6H3,(H,20,21)(H2,17,18,19);1H. The molecule has 0 atom stereocenters. The van der Waals surface area contributed by atoms with E-state index in [-0.39, 0.29) is 42.0 Å². The van der Waals surface area contributed by atoms with E-state index in [1.807, 2.05) is 27.7 Å². The maximum absolute atomic E-state index is 11.8. The average molecular weight is 442 g/mol. The summed E-state index contributed by atoms with van der Waals surface area (Å²) in [5, 5.41) is 9.22. The van der Waals surface area contributed by atoms with Gasteiger partial charge in [-0.05, 0) is 40.0 Å². The number of hydrogen-bond donors (Lipinski definition) is 3. The fourth-order valence-corrected chi connectivity index (χ4v) is 1.65. The lowest BCUT2D eigenvalue weighted by Crippen LogP contribution is -2.43. The van der Waals surface area contributed by atoms with Crippen LogP contribution in [-0.4, -0.2) is 50.3 Å². The van der Waals surface area contributed by atoms with Crippen molar-refractivity contribution in [3.63, 3.8) is 0 Å². The molecule has 0 bridgehead atoms. The Morgan fingerprint density at radius 2 is 1.87 bits per heavy atom. The molecule has 6 nitrogen and oxygen atoms in total. The van der Waals surface area contributed by atoms with E-state index in [0.717, 1.165) is 32.7 Å². The van der Waals surface area contributed by atoms with Crippen molar-refractivity contribution < 1.29 is 9.53 Å². The Balaban J connectivity index is 0. The molecule has 0 aliphatic heterocycles. The molecule has 1 amide bonds. The van der Waals surface area contributed by atoms with Gasteiger partial charge >= 0.3 is 0 Å². The lowest BCUT2D eigenvalue weighted by Gasteiger charge is -2.20. The minimum Gasteiger partial charge on any atom is -0.381 e. The number of halogens is 1. The first-order valence-electron chi connectivity index (χ1n) is 8.15. The third-order valence-corrected chi connectivity index (χ3v) is 2.45. The molecule has 0 aromatic carbocycles. The van der Waals surface area contributed by atoms with Gasteiger partial charge in [-0.3, -0.25) is 4.79 Å². The van der Waals surface area contributed by atoms with Gasteiger partial charge in [0, 0.05) is 31.8 Å². The maximum atomic E-state index is 11.8. The Bertz CT molecular complexity index is 341. The maximum Gasteiger partial charge on any atom is 0.242 e. The summed E-state index contributed by atoms with van der Waals surface area (Å²) in [5.74, 6) is 1.15. The number of carbonyl (C=O) groups excluding carboxylic acids is 1. The quantitative estimate of drug-likeness (QED) is 0.221. The second kappa shape index (κ2) is 13.8. The Labute approximate surface area is 158 Å². The van der Waals surface area contributed by atoms with Gasteiger partial charge in [-0.25, -0.2) is 4.99 Å². The molecule has 0 aliphatic rings. The fourth-order valence-electron chi connectivity index (χ4n) is 1.65. The van der Waals surface area contributed by atoms with Gasteiger partial charge in [0.25, 0.3) is 0 Å². The van der Waals surface area contributed by atoms with Crippen LogP contribution in [0.2, 0.25) is 0 Å². The molecule has 0 heterocycles. The molecule has 0 aliphatic carbocycles. The van der Waals surface area contributed by atoms with E-state index in [1.165, 1.54) is 0 Å². The van der Waals surface area contributed by atoms with E-state index in [1.54, 1.807) is 0 Å². The van der Waals surface area contributed by atoms with Crippen LogP contribution < -0.4 is 16.0 Å². The third kappa shape index (κ3) is 17.6. The van der Waals surface area contributed by atoms with E-state index in [0.29, 0.717) is 11.9 Å². The van der Waals surface area contributed by atoms with E-state index >= 15 is 0 Å². The van der Waals surface area contributed by atoms with Crippen molar-refractivity contribution in [2.24, 2.45) is 10.9 Å². The van der Waals surface area contributed by atoms with Crippen LogP contribution >= 0.6 is 24.0 Å². The van der Waals surface area contributed by atoms with Gasteiger partial charge in [-0.2, -0.15) is 0 Å². The van der Waals surface area contributed by atoms with Gasteiger partial charge in [0.05, 0.1) is 0 Å². The van der Waals surface area contributed by atoms with Crippen LogP contribution in [0.15, 0.2) is 4.99 Å². The van der Waals surface area contributed by atoms with Crippen LogP contribution in [0.5, 0.6) is 0 Å². The summed E-state index contributed by atoms with van der Waals surface area (Å²) in [7, 11) is 0. The van der Waals surface area contributed by atoms with Crippen LogP contribution in [0.4, 0.5) is 0 Å². The summed E-state index contributed by atoms with van der Waals surface area (Å²) in [6.45, 7) is 15.3. The number of amides is 1. The first-order chi connectivity index (χ1) is 10.2. The smallest absolute Gasteiger partial charge is 0.242 e. The largest absolute Gasteiger partial charge is 0.381 e. The summed E-state index contributed by atoms with van der Waals surface area (Å²) in [6, 6.07) is 0. The Kier molecular flexibility index (Phi) is 14.8. The number of ether oxygens (including phenoxy) is 1. The molecule has 0 fully saturated rings. The topological polar surface area (TPSA) is 74.8 Å². The summed E-state index contributed by atoms with van der Waals surface area (Å²) in [5.41, 5.74) is -0.230. The number of nitrogens with zero attached hydrogens (tertiary/aromatic N) is 1. The van der Waals surface area contributed by atoms with Gasteiger partial charge in [0.1, 0.15) is 6.54 Å². The molecule has 0 aromatic rings. The van der Waals surface area contributed by atoms with Crippen LogP contribution in [0.25, 0.3) is 0 Å². The number of hydrogen-bond acceptors (Lipinski definition) is 3. The molecule has 0 saturated heterocycles. The molecule has 0 unspecified atom stereocenters. The molecule has 7 heteroatoms. The zero-order valence-corrected chi connectivity index (χ0v) is 17.8. The van der Waals surface area contributed by atoms with Crippen molar-refractivity contribution in [2.45, 2.75) is 53.5 Å². The highest BCUT2D eigenvalue weighted by molar-refractivity contribution is 14.0. The highest BCUT2D eigenvalue weighted by Crippen LogP contribution is 1.97. The van der Waals surface area contributed by atoms with Gasteiger partial charge in [0.15, 0.2) is 5.96 Å². The Morgan fingerprint density at radius 1 is 1.22 bits per heavy atom. The van der Waals surface area contributed by atoms with Gasteiger partial charge in [-0.15, -0.1) is 24.0 Å². The van der Waals surface area contributed by atoms with E-state index < -0.39 is 0 Å². The molecular formula is C16H35IN4O2. The number of carbonyl (C=O) groups is 1. The summed E-state index contributed by atoms with van der Waals surface area (Å²) in [6.07, 6.45) is 0.908. The monoisotopic (exact) mass is 442 g/mol. The molecule has 23 heavy (non-hydrogen) atoms. The highest BCUT2D eigenvalue weighted by atomic mass is 127. The average Bonchev–Trinajstić information content (AvgIpc) is 2.37. The summed E-state index contributed by atoms with van der Waals surface area (Å²) < 4.78 is 5.53. The van der Waals surface area contributed by atoms with E-state index in [4.69, 9.17) is 4.74 Å². The second-order valence-corrected chi connectivity index (χ2v) is 6.74. The highest BCUT2D eigenvalue weighted by Gasteiger charge is 2.13. The second-order valence-electron chi connectivity index (χ2n) is 6.74. The SMILES string of the molecule is CCNC(=NCC(=O)NC(C)(C)C)NCCCOCC(C)C.I. The molecule has 0 spiro atoms. The molecule has 0 saturated carbocycles. The van der Waals surface area contributed by atoms with E-state index in [2.05, 4.69) is 34.8 Å². The van der Waals surface area contributed by atoms with Crippen molar-refractivity contribution in [1.82, 2.24) is 16.0 Å². The van der Waals surface area contributed by atoms with Crippen LogP contribution in [-0.2, 0) is 9.53 Å². The zero-order valence-electron chi connectivity index (χ0n) is 15.5. The van der Waals surface area contributed by atoms with Crippen molar-refractivity contribution in [3.8, 4) is 0 Å². The molecule has 0 radical (unpaired) electrons. The zero-order chi connectivity index (χ0) is 17.0. The Morgan fingerprint density at radius 3 is 2.39 bits per heavy atom. The molecule has 138 valence electrons. The molecular weight excluding hydrogens is 407 g/mol. The first kappa shape index (κ1) is 24.7. The first-order valence-corrected chi connectivity index (χ1v) is 8.15. The predicted octanol–water partition coefficient (Wildman–Crippen LogP) is 2.14. The van der Waals surface area contributed by atoms with Crippen molar-refractivity contribution in [2.75, 3.05) is 32.8 Å². The van der Waals surface area contributed by atoms with Gasteiger partial charge < -0.3 is 20.7 Å². The summed E-state index contributed by atoms with van der Waals surface area (Å²) in [4.78, 5) is 16.0. The number of guanidine groups is 1. The Hall–Kier alpha value is -0.570. The number of nitrogens with one attached hydrogen (secondary N) is 3. The van der Waals surface area contributed by atoms with Gasteiger partial charge in [0.2, 0.25) is 5.91 Å². The van der Waals surface area contributed by atoms with E-state index in [9.17, 15) is 4.79 Å². The van der Waals surface area contributed by atoms with Crippen LogP contribution in [0, 0.1) is 5.92 Å².